The van der Waals surface area contributed by atoms with Gasteiger partial charge in [-0.2, -0.15) is 0 Å². The van der Waals surface area contributed by atoms with Gasteiger partial charge >= 0.3 is 0 Å². The van der Waals surface area contributed by atoms with E-state index in [0.717, 1.165) is 45.2 Å². The number of piperidine rings is 1. The lowest BCUT2D eigenvalue weighted by Gasteiger charge is -2.32. The van der Waals surface area contributed by atoms with Crippen LogP contribution in [0, 0.1) is 0 Å². The summed E-state index contributed by atoms with van der Waals surface area (Å²) in [5.74, 6) is 0.644. The fourth-order valence-corrected chi connectivity index (χ4v) is 5.31. The van der Waals surface area contributed by atoms with Crippen LogP contribution in [0.1, 0.15) is 50.1 Å². The SMILES string of the molecule is O=C(CCCCCN=C1NS(=O)(=O)c2ccccc21)N1CCC(n2ccnc2)CC1. The number of likely N-dealkylation sites (tertiary alicyclic amines) is 1. The summed E-state index contributed by atoms with van der Waals surface area (Å²) < 4.78 is 28.8. The van der Waals surface area contributed by atoms with Gasteiger partial charge in [-0.1, -0.05) is 18.6 Å². The minimum Gasteiger partial charge on any atom is -0.343 e. The van der Waals surface area contributed by atoms with Crippen LogP contribution >= 0.6 is 0 Å². The molecular formula is C21H27N5O3S. The van der Waals surface area contributed by atoms with Crippen molar-refractivity contribution in [3.63, 3.8) is 0 Å². The Morgan fingerprint density at radius 3 is 2.73 bits per heavy atom. The number of hydrogen-bond donors (Lipinski definition) is 1. The highest BCUT2D eigenvalue weighted by Gasteiger charge is 2.29. The van der Waals surface area contributed by atoms with Gasteiger partial charge in [0.25, 0.3) is 10.0 Å². The van der Waals surface area contributed by atoms with Crippen molar-refractivity contribution in [2.45, 2.75) is 49.5 Å². The third kappa shape index (κ3) is 4.56. The number of amides is 1. The normalized spacial score (nSPS) is 19.6. The van der Waals surface area contributed by atoms with E-state index in [0.29, 0.717) is 30.4 Å². The largest absolute Gasteiger partial charge is 0.343 e. The molecule has 160 valence electrons. The summed E-state index contributed by atoms with van der Waals surface area (Å²) in [7, 11) is -3.48. The quantitative estimate of drug-likeness (QED) is 0.683. The number of nitrogens with one attached hydrogen (secondary N) is 1. The van der Waals surface area contributed by atoms with Crippen LogP contribution in [0.5, 0.6) is 0 Å². The average Bonchev–Trinajstić information content (AvgIpc) is 3.38. The van der Waals surface area contributed by atoms with Gasteiger partial charge in [-0.25, -0.2) is 13.4 Å². The van der Waals surface area contributed by atoms with Gasteiger partial charge in [-0.05, 0) is 37.8 Å². The van der Waals surface area contributed by atoms with E-state index in [9.17, 15) is 13.2 Å². The molecule has 1 saturated heterocycles. The Hall–Kier alpha value is -2.68. The van der Waals surface area contributed by atoms with E-state index in [1.165, 1.54) is 0 Å². The van der Waals surface area contributed by atoms with Crippen LogP contribution in [0.4, 0.5) is 0 Å². The van der Waals surface area contributed by atoms with Gasteiger partial charge in [0.1, 0.15) is 5.84 Å². The molecule has 8 nitrogen and oxygen atoms in total. The maximum atomic E-state index is 12.4. The van der Waals surface area contributed by atoms with E-state index in [2.05, 4.69) is 19.3 Å². The monoisotopic (exact) mass is 429 g/mol. The molecule has 1 aromatic carbocycles. The summed E-state index contributed by atoms with van der Waals surface area (Å²) in [4.78, 5) is 23.2. The lowest BCUT2D eigenvalue weighted by Crippen LogP contribution is -2.38. The number of imidazole rings is 1. The third-order valence-electron chi connectivity index (χ3n) is 5.75. The molecule has 1 aromatic heterocycles. The second kappa shape index (κ2) is 8.99. The van der Waals surface area contributed by atoms with Gasteiger partial charge in [-0.3, -0.25) is 14.5 Å². The van der Waals surface area contributed by atoms with Gasteiger partial charge in [0.2, 0.25) is 5.91 Å². The van der Waals surface area contributed by atoms with Crippen LogP contribution in [0.3, 0.4) is 0 Å². The number of aliphatic imine (C=N–C) groups is 1. The van der Waals surface area contributed by atoms with Crippen LogP contribution in [0.25, 0.3) is 0 Å². The Kier molecular flexibility index (Phi) is 6.17. The van der Waals surface area contributed by atoms with E-state index in [4.69, 9.17) is 0 Å². The van der Waals surface area contributed by atoms with Gasteiger partial charge in [0.05, 0.1) is 11.2 Å². The van der Waals surface area contributed by atoms with Gasteiger partial charge in [0.15, 0.2) is 0 Å². The number of sulfonamides is 1. The zero-order chi connectivity index (χ0) is 21.0. The Labute approximate surface area is 177 Å². The average molecular weight is 430 g/mol. The second-order valence-corrected chi connectivity index (χ2v) is 9.42. The van der Waals surface area contributed by atoms with Crippen molar-refractivity contribution in [1.29, 1.82) is 0 Å². The van der Waals surface area contributed by atoms with Gasteiger partial charge < -0.3 is 9.47 Å². The van der Waals surface area contributed by atoms with E-state index in [1.54, 1.807) is 30.5 Å². The minimum absolute atomic E-state index is 0.225. The standard InChI is InChI=1S/C21H27N5O3S/c27-20(25-13-9-17(10-14-25)26-15-12-22-16-26)8-2-1-5-11-23-21-18-6-3-4-7-19(18)30(28,29)24-21/h3-4,6-7,12,15-17H,1-2,5,8-11,13-14H2,(H,23,24). The van der Waals surface area contributed by atoms with Crippen molar-refractivity contribution < 1.29 is 13.2 Å². The van der Waals surface area contributed by atoms with Crippen molar-refractivity contribution in [1.82, 2.24) is 19.2 Å². The molecule has 0 bridgehead atoms. The number of unbranched alkanes of at least 4 members (excludes halogenated alkanes) is 2. The number of rotatable bonds is 7. The molecule has 1 fully saturated rings. The molecule has 2 aliphatic heterocycles. The summed E-state index contributed by atoms with van der Waals surface area (Å²) in [6.45, 7) is 2.14. The minimum atomic E-state index is -3.48. The van der Waals surface area contributed by atoms with Gasteiger partial charge in [0, 0.05) is 50.1 Å². The van der Waals surface area contributed by atoms with Crippen LogP contribution in [0.2, 0.25) is 0 Å². The van der Waals surface area contributed by atoms with E-state index < -0.39 is 10.0 Å². The van der Waals surface area contributed by atoms with Crippen molar-refractivity contribution in [3.8, 4) is 0 Å². The molecule has 0 aliphatic carbocycles. The smallest absolute Gasteiger partial charge is 0.263 e. The third-order valence-corrected chi connectivity index (χ3v) is 7.14. The maximum Gasteiger partial charge on any atom is 0.263 e. The molecule has 2 aromatic rings. The highest BCUT2D eigenvalue weighted by Crippen LogP contribution is 2.23. The summed E-state index contributed by atoms with van der Waals surface area (Å²) in [5, 5.41) is 0. The Bertz CT molecular complexity index is 1010. The first kappa shape index (κ1) is 20.6. The number of aromatic nitrogens is 2. The number of hydrogen-bond acceptors (Lipinski definition) is 5. The molecule has 1 amide bonds. The number of fused-ring (bicyclic) bond motifs is 1. The van der Waals surface area contributed by atoms with E-state index in [1.807, 2.05) is 17.4 Å². The van der Waals surface area contributed by atoms with Crippen LogP contribution in [0.15, 0.2) is 52.9 Å². The summed E-state index contributed by atoms with van der Waals surface area (Å²) in [6.07, 6.45) is 10.7. The Balaban J connectivity index is 1.16. The van der Waals surface area contributed by atoms with Crippen LogP contribution in [-0.2, 0) is 14.8 Å². The molecule has 30 heavy (non-hydrogen) atoms. The predicted octanol–water partition coefficient (Wildman–Crippen LogP) is 2.35. The lowest BCUT2D eigenvalue weighted by molar-refractivity contribution is -0.132. The summed E-state index contributed by atoms with van der Waals surface area (Å²) in [6, 6.07) is 7.30. The zero-order valence-corrected chi connectivity index (χ0v) is 17.7. The second-order valence-electron chi connectivity index (χ2n) is 7.76. The molecule has 0 unspecified atom stereocenters. The molecule has 0 radical (unpaired) electrons. The van der Waals surface area contributed by atoms with Gasteiger partial charge in [-0.15, -0.1) is 0 Å². The fourth-order valence-electron chi connectivity index (χ4n) is 4.06. The molecule has 4 rings (SSSR count). The van der Waals surface area contributed by atoms with E-state index >= 15 is 0 Å². The summed E-state index contributed by atoms with van der Waals surface area (Å²) >= 11 is 0. The molecule has 1 N–H and O–H groups in total. The van der Waals surface area contributed by atoms with Crippen molar-refractivity contribution in [3.05, 3.63) is 48.5 Å². The highest BCUT2D eigenvalue weighted by molar-refractivity contribution is 7.90. The molecule has 0 spiro atoms. The molecule has 9 heteroatoms. The maximum absolute atomic E-state index is 12.4. The lowest BCUT2D eigenvalue weighted by atomic mass is 10.0. The molecule has 3 heterocycles. The Morgan fingerprint density at radius 1 is 1.17 bits per heavy atom. The van der Waals surface area contributed by atoms with Crippen LogP contribution in [-0.4, -0.2) is 54.2 Å². The highest BCUT2D eigenvalue weighted by atomic mass is 32.2. The topological polar surface area (TPSA) is 96.7 Å². The molecular weight excluding hydrogens is 402 g/mol. The van der Waals surface area contributed by atoms with Crippen molar-refractivity contribution in [2.24, 2.45) is 4.99 Å². The molecule has 0 atom stereocenters. The van der Waals surface area contributed by atoms with Crippen LogP contribution < -0.4 is 4.72 Å². The van der Waals surface area contributed by atoms with Crippen molar-refractivity contribution in [2.75, 3.05) is 19.6 Å². The predicted molar refractivity (Wildman–Crippen MR) is 114 cm³/mol. The first-order valence-corrected chi connectivity index (χ1v) is 11.9. The number of carbonyl (C=O) groups excluding carboxylic acids is 1. The first-order chi connectivity index (χ1) is 14.5. The molecule has 2 aliphatic rings. The summed E-state index contributed by atoms with van der Waals surface area (Å²) in [5.41, 5.74) is 0.631. The molecule has 0 saturated carbocycles. The number of nitrogens with zero attached hydrogens (tertiary/aromatic N) is 4. The van der Waals surface area contributed by atoms with Crippen molar-refractivity contribution >= 4 is 21.8 Å². The number of carbonyl (C=O) groups is 1. The first-order valence-electron chi connectivity index (χ1n) is 10.5. The number of amidine groups is 1. The van der Waals surface area contributed by atoms with E-state index in [-0.39, 0.29) is 10.8 Å². The Morgan fingerprint density at radius 2 is 1.97 bits per heavy atom. The zero-order valence-electron chi connectivity index (χ0n) is 16.9. The number of benzene rings is 1. The fraction of sp³-hybridized carbons (Fsp3) is 0.476.